The van der Waals surface area contributed by atoms with Crippen LogP contribution in [0.2, 0.25) is 0 Å². The number of nitrogens with one attached hydrogen (secondary N) is 1. The number of nitrogens with zero attached hydrogens (tertiary/aromatic N) is 1. The summed E-state index contributed by atoms with van der Waals surface area (Å²) in [6.07, 6.45) is 0.697. The summed E-state index contributed by atoms with van der Waals surface area (Å²) in [5.41, 5.74) is 0.365. The average Bonchev–Trinajstić information content (AvgIpc) is 2.40. The Morgan fingerprint density at radius 1 is 1.40 bits per heavy atom. The zero-order chi connectivity index (χ0) is 15.0. The summed E-state index contributed by atoms with van der Waals surface area (Å²) >= 11 is 0. The van der Waals surface area contributed by atoms with Crippen LogP contribution < -0.4 is 10.2 Å². The smallest absolute Gasteiger partial charge is 0.240 e. The van der Waals surface area contributed by atoms with Crippen LogP contribution in [0.3, 0.4) is 0 Å². The van der Waals surface area contributed by atoms with Crippen molar-refractivity contribution in [2.24, 2.45) is 0 Å². The Kier molecular flexibility index (Phi) is 6.66. The molecule has 0 bridgehead atoms. The topological polar surface area (TPSA) is 58.6 Å². The Labute approximate surface area is 117 Å². The number of halogens is 1. The van der Waals surface area contributed by atoms with E-state index in [2.05, 4.69) is 5.32 Å². The second-order valence-corrected chi connectivity index (χ2v) is 4.28. The van der Waals surface area contributed by atoms with E-state index in [-0.39, 0.29) is 18.4 Å². The van der Waals surface area contributed by atoms with Crippen LogP contribution >= 0.6 is 0 Å². The van der Waals surface area contributed by atoms with Crippen LogP contribution in [0.25, 0.3) is 0 Å². The molecule has 0 heterocycles. The molecule has 0 spiro atoms. The van der Waals surface area contributed by atoms with Crippen molar-refractivity contribution in [3.8, 4) is 0 Å². The number of anilines is 1. The molecule has 0 atom stereocenters. The quantitative estimate of drug-likeness (QED) is 0.768. The normalized spacial score (nSPS) is 10.2. The van der Waals surface area contributed by atoms with Crippen molar-refractivity contribution in [1.82, 2.24) is 5.32 Å². The molecule has 0 fully saturated rings. The molecule has 1 rings (SSSR count). The number of rotatable bonds is 7. The van der Waals surface area contributed by atoms with Crippen LogP contribution in [0, 0.1) is 5.82 Å². The van der Waals surface area contributed by atoms with Crippen LogP contribution in [-0.4, -0.2) is 38.6 Å². The van der Waals surface area contributed by atoms with E-state index in [1.54, 1.807) is 13.2 Å². The predicted molar refractivity (Wildman–Crippen MR) is 73.9 cm³/mol. The van der Waals surface area contributed by atoms with Gasteiger partial charge in [-0.3, -0.25) is 9.59 Å². The number of ether oxygens (including phenoxy) is 1. The Morgan fingerprint density at radius 2 is 2.15 bits per heavy atom. The fourth-order valence-electron chi connectivity index (χ4n) is 1.67. The van der Waals surface area contributed by atoms with Gasteiger partial charge in [-0.2, -0.15) is 0 Å². The van der Waals surface area contributed by atoms with Crippen molar-refractivity contribution in [2.75, 3.05) is 31.7 Å². The summed E-state index contributed by atoms with van der Waals surface area (Å²) in [6, 6.07) is 5.59. The first-order valence-electron chi connectivity index (χ1n) is 6.34. The second-order valence-electron chi connectivity index (χ2n) is 4.28. The van der Waals surface area contributed by atoms with Gasteiger partial charge in [0.05, 0.1) is 0 Å². The van der Waals surface area contributed by atoms with Crippen LogP contribution in [0.5, 0.6) is 0 Å². The molecule has 0 saturated heterocycles. The summed E-state index contributed by atoms with van der Waals surface area (Å²) in [6.45, 7) is 2.23. The summed E-state index contributed by atoms with van der Waals surface area (Å²) in [7, 11) is 1.59. The SMILES string of the molecule is COCCCNC(=O)CN(C(C)=O)c1cccc(F)c1. The maximum absolute atomic E-state index is 13.2. The molecule has 0 aliphatic heterocycles. The molecule has 1 aromatic carbocycles. The van der Waals surface area contributed by atoms with E-state index in [1.165, 1.54) is 30.0 Å². The molecular weight excluding hydrogens is 263 g/mol. The lowest BCUT2D eigenvalue weighted by molar-refractivity contribution is -0.123. The highest BCUT2D eigenvalue weighted by Gasteiger charge is 2.15. The maximum Gasteiger partial charge on any atom is 0.240 e. The molecule has 0 saturated carbocycles. The number of carbonyl (C=O) groups excluding carboxylic acids is 2. The minimum atomic E-state index is -0.450. The van der Waals surface area contributed by atoms with Crippen molar-refractivity contribution >= 4 is 17.5 Å². The highest BCUT2D eigenvalue weighted by atomic mass is 19.1. The molecule has 1 aromatic rings. The van der Waals surface area contributed by atoms with Crippen LogP contribution in [0.4, 0.5) is 10.1 Å². The predicted octanol–water partition coefficient (Wildman–Crippen LogP) is 1.33. The van der Waals surface area contributed by atoms with Crippen molar-refractivity contribution in [1.29, 1.82) is 0 Å². The Bertz CT molecular complexity index is 465. The molecule has 0 radical (unpaired) electrons. The van der Waals surface area contributed by atoms with Gasteiger partial charge in [-0.05, 0) is 24.6 Å². The minimum Gasteiger partial charge on any atom is -0.385 e. The van der Waals surface area contributed by atoms with Gasteiger partial charge in [0.15, 0.2) is 0 Å². The number of amides is 2. The van der Waals surface area contributed by atoms with Crippen molar-refractivity contribution in [3.05, 3.63) is 30.1 Å². The number of benzene rings is 1. The van der Waals surface area contributed by atoms with Gasteiger partial charge < -0.3 is 15.0 Å². The van der Waals surface area contributed by atoms with Gasteiger partial charge in [-0.1, -0.05) is 6.07 Å². The van der Waals surface area contributed by atoms with E-state index >= 15 is 0 Å². The molecule has 0 aromatic heterocycles. The Hall–Kier alpha value is -1.95. The van der Waals surface area contributed by atoms with E-state index in [9.17, 15) is 14.0 Å². The molecule has 0 unspecified atom stereocenters. The molecule has 2 amide bonds. The highest BCUT2D eigenvalue weighted by Crippen LogP contribution is 2.15. The largest absolute Gasteiger partial charge is 0.385 e. The van der Waals surface area contributed by atoms with Crippen molar-refractivity contribution < 1.29 is 18.7 Å². The maximum atomic E-state index is 13.2. The number of hydrogen-bond acceptors (Lipinski definition) is 3. The Morgan fingerprint density at radius 3 is 2.75 bits per heavy atom. The van der Waals surface area contributed by atoms with Crippen LogP contribution in [0.15, 0.2) is 24.3 Å². The third kappa shape index (κ3) is 5.36. The molecule has 0 aliphatic carbocycles. The van der Waals surface area contributed by atoms with Crippen molar-refractivity contribution in [3.63, 3.8) is 0 Å². The van der Waals surface area contributed by atoms with Crippen molar-refractivity contribution in [2.45, 2.75) is 13.3 Å². The summed E-state index contributed by atoms with van der Waals surface area (Å²) < 4.78 is 18.0. The zero-order valence-electron chi connectivity index (χ0n) is 11.7. The highest BCUT2D eigenvalue weighted by molar-refractivity contribution is 5.97. The van der Waals surface area contributed by atoms with E-state index in [0.717, 1.165) is 0 Å². The molecule has 110 valence electrons. The molecule has 20 heavy (non-hydrogen) atoms. The van der Waals surface area contributed by atoms with Gasteiger partial charge in [0.1, 0.15) is 12.4 Å². The van der Waals surface area contributed by atoms with E-state index in [0.29, 0.717) is 25.3 Å². The van der Waals surface area contributed by atoms with Gasteiger partial charge in [0.2, 0.25) is 11.8 Å². The third-order valence-electron chi connectivity index (χ3n) is 2.65. The second kappa shape index (κ2) is 8.27. The summed E-state index contributed by atoms with van der Waals surface area (Å²) in [5.74, 6) is -1.06. The number of carbonyl (C=O) groups is 2. The number of hydrogen-bond donors (Lipinski definition) is 1. The Balaban J connectivity index is 2.59. The van der Waals surface area contributed by atoms with E-state index in [1.807, 2.05) is 0 Å². The number of methoxy groups -OCH3 is 1. The first-order chi connectivity index (χ1) is 9.54. The molecule has 6 heteroatoms. The fraction of sp³-hybridized carbons (Fsp3) is 0.429. The lowest BCUT2D eigenvalue weighted by atomic mass is 10.2. The summed E-state index contributed by atoms with van der Waals surface area (Å²) in [4.78, 5) is 24.5. The molecule has 1 N–H and O–H groups in total. The van der Waals surface area contributed by atoms with Gasteiger partial charge in [0, 0.05) is 32.9 Å². The monoisotopic (exact) mass is 282 g/mol. The van der Waals surface area contributed by atoms with Gasteiger partial charge >= 0.3 is 0 Å². The lowest BCUT2D eigenvalue weighted by Gasteiger charge is -2.20. The molecule has 0 aliphatic rings. The average molecular weight is 282 g/mol. The third-order valence-corrected chi connectivity index (χ3v) is 2.65. The molecule has 5 nitrogen and oxygen atoms in total. The zero-order valence-corrected chi connectivity index (χ0v) is 11.7. The van der Waals surface area contributed by atoms with Gasteiger partial charge in [0.25, 0.3) is 0 Å². The summed E-state index contributed by atoms with van der Waals surface area (Å²) in [5, 5.41) is 2.68. The van der Waals surface area contributed by atoms with E-state index in [4.69, 9.17) is 4.74 Å². The molecular formula is C14H19FN2O3. The minimum absolute atomic E-state index is 0.133. The van der Waals surface area contributed by atoms with E-state index < -0.39 is 5.82 Å². The van der Waals surface area contributed by atoms with Gasteiger partial charge in [-0.25, -0.2) is 4.39 Å². The van der Waals surface area contributed by atoms with Crippen LogP contribution in [-0.2, 0) is 14.3 Å². The fourth-order valence-corrected chi connectivity index (χ4v) is 1.67. The van der Waals surface area contributed by atoms with Gasteiger partial charge in [-0.15, -0.1) is 0 Å². The van der Waals surface area contributed by atoms with Crippen LogP contribution in [0.1, 0.15) is 13.3 Å². The standard InChI is InChI=1S/C14H19FN2O3/c1-11(18)17(13-6-3-5-12(15)9-13)10-14(19)16-7-4-8-20-2/h3,5-6,9H,4,7-8,10H2,1-2H3,(H,16,19). The first kappa shape index (κ1) is 16.1. The lowest BCUT2D eigenvalue weighted by Crippen LogP contribution is -2.40. The first-order valence-corrected chi connectivity index (χ1v) is 6.34.